The van der Waals surface area contributed by atoms with Gasteiger partial charge in [-0.2, -0.15) is 0 Å². The lowest BCUT2D eigenvalue weighted by atomic mass is 10.0. The van der Waals surface area contributed by atoms with Crippen molar-refractivity contribution in [1.29, 1.82) is 0 Å². The first-order valence-electron chi connectivity index (χ1n) is 7.19. The SMILES string of the molecule is C=C/C(=C\CCC)CCc1ccc(CCC)cc1. The monoisotopic (exact) mass is 242 g/mol. The van der Waals surface area contributed by atoms with Crippen LogP contribution in [0, 0.1) is 0 Å². The highest BCUT2D eigenvalue weighted by molar-refractivity contribution is 5.25. The van der Waals surface area contributed by atoms with Crippen molar-refractivity contribution in [2.24, 2.45) is 0 Å². The van der Waals surface area contributed by atoms with E-state index in [2.05, 4.69) is 50.8 Å². The third kappa shape index (κ3) is 5.35. The maximum Gasteiger partial charge on any atom is -0.0238 e. The van der Waals surface area contributed by atoms with E-state index in [1.807, 2.05) is 6.08 Å². The van der Waals surface area contributed by atoms with Gasteiger partial charge in [0.1, 0.15) is 0 Å². The molecule has 0 spiro atoms. The largest absolute Gasteiger partial charge is 0.0988 e. The Hall–Kier alpha value is -1.30. The van der Waals surface area contributed by atoms with Gasteiger partial charge in [-0.1, -0.05) is 75.3 Å². The second-order valence-electron chi connectivity index (χ2n) is 4.84. The highest BCUT2D eigenvalue weighted by atomic mass is 14.0. The van der Waals surface area contributed by atoms with E-state index in [1.54, 1.807) is 0 Å². The number of aryl methyl sites for hydroxylation is 2. The second kappa shape index (κ2) is 8.74. The summed E-state index contributed by atoms with van der Waals surface area (Å²) in [5, 5.41) is 0. The maximum atomic E-state index is 3.90. The summed E-state index contributed by atoms with van der Waals surface area (Å²) in [6.07, 6.45) is 11.3. The van der Waals surface area contributed by atoms with Crippen LogP contribution in [0.25, 0.3) is 0 Å². The van der Waals surface area contributed by atoms with Crippen LogP contribution in [0.3, 0.4) is 0 Å². The molecule has 0 heterocycles. The van der Waals surface area contributed by atoms with Crippen LogP contribution in [0.2, 0.25) is 0 Å². The molecule has 0 aliphatic rings. The molecular weight excluding hydrogens is 216 g/mol. The van der Waals surface area contributed by atoms with Gasteiger partial charge >= 0.3 is 0 Å². The molecule has 0 amide bonds. The Balaban J connectivity index is 2.49. The minimum absolute atomic E-state index is 1.11. The summed E-state index contributed by atoms with van der Waals surface area (Å²) in [4.78, 5) is 0. The van der Waals surface area contributed by atoms with E-state index in [4.69, 9.17) is 0 Å². The smallest absolute Gasteiger partial charge is 0.0238 e. The Kier molecular flexibility index (Phi) is 7.17. The zero-order chi connectivity index (χ0) is 13.2. The van der Waals surface area contributed by atoms with Crippen molar-refractivity contribution in [3.05, 3.63) is 59.7 Å². The Morgan fingerprint density at radius 3 is 2.11 bits per heavy atom. The van der Waals surface area contributed by atoms with Crippen LogP contribution in [0.4, 0.5) is 0 Å². The summed E-state index contributed by atoms with van der Waals surface area (Å²) < 4.78 is 0. The molecule has 0 unspecified atom stereocenters. The lowest BCUT2D eigenvalue weighted by Gasteiger charge is -2.05. The average Bonchev–Trinajstić information content (AvgIpc) is 2.41. The molecule has 0 heteroatoms. The number of hydrogen-bond donors (Lipinski definition) is 0. The van der Waals surface area contributed by atoms with Gasteiger partial charge in [-0.05, 0) is 36.8 Å². The van der Waals surface area contributed by atoms with Crippen LogP contribution >= 0.6 is 0 Å². The molecule has 0 atom stereocenters. The summed E-state index contributed by atoms with van der Waals surface area (Å²) in [5.41, 5.74) is 4.26. The van der Waals surface area contributed by atoms with Crippen molar-refractivity contribution >= 4 is 0 Å². The van der Waals surface area contributed by atoms with E-state index in [1.165, 1.54) is 36.0 Å². The van der Waals surface area contributed by atoms with Gasteiger partial charge in [0.25, 0.3) is 0 Å². The predicted octanol–water partition coefficient (Wildman–Crippen LogP) is 5.48. The summed E-state index contributed by atoms with van der Waals surface area (Å²) in [5.74, 6) is 0. The molecule has 0 aliphatic carbocycles. The van der Waals surface area contributed by atoms with Gasteiger partial charge in [-0.15, -0.1) is 0 Å². The quantitative estimate of drug-likeness (QED) is 0.529. The molecular formula is C18H26. The van der Waals surface area contributed by atoms with Crippen LogP contribution in [0.5, 0.6) is 0 Å². The van der Waals surface area contributed by atoms with Crippen LogP contribution < -0.4 is 0 Å². The highest BCUT2D eigenvalue weighted by Gasteiger charge is 1.97. The summed E-state index contributed by atoms with van der Waals surface area (Å²) in [7, 11) is 0. The first-order chi connectivity index (χ1) is 8.80. The third-order valence-corrected chi connectivity index (χ3v) is 3.22. The molecule has 0 saturated carbocycles. The van der Waals surface area contributed by atoms with Gasteiger partial charge in [0.2, 0.25) is 0 Å². The van der Waals surface area contributed by atoms with Crippen molar-refractivity contribution in [2.75, 3.05) is 0 Å². The molecule has 0 aromatic heterocycles. The van der Waals surface area contributed by atoms with Crippen molar-refractivity contribution in [3.63, 3.8) is 0 Å². The van der Waals surface area contributed by atoms with E-state index in [0.717, 1.165) is 19.3 Å². The van der Waals surface area contributed by atoms with Crippen LogP contribution in [0.15, 0.2) is 48.6 Å². The lowest BCUT2D eigenvalue weighted by Crippen LogP contribution is -1.89. The number of hydrogen-bond acceptors (Lipinski definition) is 0. The second-order valence-corrected chi connectivity index (χ2v) is 4.84. The Bertz CT molecular complexity index is 368. The molecule has 0 fully saturated rings. The molecule has 0 aliphatic heterocycles. The third-order valence-electron chi connectivity index (χ3n) is 3.22. The Labute approximate surface area is 112 Å². The maximum absolute atomic E-state index is 3.90. The van der Waals surface area contributed by atoms with Crippen LogP contribution in [-0.4, -0.2) is 0 Å². The number of rotatable bonds is 8. The predicted molar refractivity (Wildman–Crippen MR) is 81.9 cm³/mol. The summed E-state index contributed by atoms with van der Waals surface area (Å²) in [6, 6.07) is 9.07. The van der Waals surface area contributed by atoms with Gasteiger partial charge in [0, 0.05) is 0 Å². The first kappa shape index (κ1) is 14.8. The molecule has 0 saturated heterocycles. The number of benzene rings is 1. The molecule has 0 bridgehead atoms. The average molecular weight is 242 g/mol. The fraction of sp³-hybridized carbons (Fsp3) is 0.444. The summed E-state index contributed by atoms with van der Waals surface area (Å²) >= 11 is 0. The van der Waals surface area contributed by atoms with Gasteiger partial charge in [-0.25, -0.2) is 0 Å². The van der Waals surface area contributed by atoms with Gasteiger partial charge < -0.3 is 0 Å². The van der Waals surface area contributed by atoms with E-state index >= 15 is 0 Å². The fourth-order valence-corrected chi connectivity index (χ4v) is 2.07. The molecule has 18 heavy (non-hydrogen) atoms. The van der Waals surface area contributed by atoms with E-state index < -0.39 is 0 Å². The molecule has 0 radical (unpaired) electrons. The molecule has 0 nitrogen and oxygen atoms in total. The van der Waals surface area contributed by atoms with Crippen molar-refractivity contribution in [2.45, 2.75) is 52.4 Å². The van der Waals surface area contributed by atoms with Crippen molar-refractivity contribution in [3.8, 4) is 0 Å². The van der Waals surface area contributed by atoms with E-state index in [9.17, 15) is 0 Å². The number of unbranched alkanes of at least 4 members (excludes halogenated alkanes) is 1. The zero-order valence-electron chi connectivity index (χ0n) is 11.9. The first-order valence-corrected chi connectivity index (χ1v) is 7.19. The summed E-state index contributed by atoms with van der Waals surface area (Å²) in [6.45, 7) is 8.33. The highest BCUT2D eigenvalue weighted by Crippen LogP contribution is 2.13. The molecule has 1 aromatic rings. The van der Waals surface area contributed by atoms with Gasteiger partial charge in [0.15, 0.2) is 0 Å². The molecule has 1 aromatic carbocycles. The van der Waals surface area contributed by atoms with Crippen LogP contribution in [-0.2, 0) is 12.8 Å². The Morgan fingerprint density at radius 1 is 1.00 bits per heavy atom. The minimum atomic E-state index is 1.11. The van der Waals surface area contributed by atoms with Gasteiger partial charge in [-0.3, -0.25) is 0 Å². The fourth-order valence-electron chi connectivity index (χ4n) is 2.07. The molecule has 1 rings (SSSR count). The molecule has 0 N–H and O–H groups in total. The molecule has 98 valence electrons. The van der Waals surface area contributed by atoms with Crippen LogP contribution in [0.1, 0.15) is 50.7 Å². The standard InChI is InChI=1S/C18H26/c1-4-7-9-16(6-3)10-11-18-14-12-17(8-5-2)13-15-18/h6,9,12-15H,3-5,7-8,10-11H2,1-2H3/b16-9+. The zero-order valence-corrected chi connectivity index (χ0v) is 11.9. The van der Waals surface area contributed by atoms with Gasteiger partial charge in [0.05, 0.1) is 0 Å². The van der Waals surface area contributed by atoms with Crippen molar-refractivity contribution < 1.29 is 0 Å². The normalized spacial score (nSPS) is 11.6. The lowest BCUT2D eigenvalue weighted by molar-refractivity contribution is 0.905. The van der Waals surface area contributed by atoms with Crippen molar-refractivity contribution in [1.82, 2.24) is 0 Å². The minimum Gasteiger partial charge on any atom is -0.0988 e. The number of allylic oxidation sites excluding steroid dienone is 3. The van der Waals surface area contributed by atoms with E-state index in [0.29, 0.717) is 0 Å². The Morgan fingerprint density at radius 2 is 1.61 bits per heavy atom. The topological polar surface area (TPSA) is 0 Å². The van der Waals surface area contributed by atoms with E-state index in [-0.39, 0.29) is 0 Å².